The standard InChI is InChI=1S/C60H54N2Si2/c1-63(2,3)51-35-37-53-55(43-27-31-49(32-28-43)61(45-19-11-7-12-20-45)46-21-13-8-14-22-46)42-60-58-40-52(64(4,5)6)36-38-54(58)56(41-59(60)57(53)39-51)44-29-33-50(34-30-44)62(47-23-15-9-16-24-47)48-25-17-10-18-26-48/h7-42H,1-6H3. The number of para-hydroxylation sites is 4. The Morgan fingerprint density at radius 3 is 0.797 bits per heavy atom. The lowest BCUT2D eigenvalue weighted by atomic mass is 9.87. The Balaban J connectivity index is 1.18. The minimum Gasteiger partial charge on any atom is -0.311 e. The molecule has 0 unspecified atom stereocenters. The SMILES string of the molecule is C[Si](C)(C)c1ccc2c(-c3ccc(N(c4ccccc4)c4ccccc4)cc3)cc3c4cc([Si](C)(C)C)ccc4c(-c4ccc(N(c5ccccc5)c5ccccc5)cc4)cc3c2c1. The van der Waals surface area contributed by atoms with Crippen LogP contribution in [0.3, 0.4) is 0 Å². The van der Waals surface area contributed by atoms with Crippen LogP contribution in [-0.2, 0) is 0 Å². The fourth-order valence-corrected chi connectivity index (χ4v) is 11.6. The predicted molar refractivity (Wildman–Crippen MR) is 285 cm³/mol. The van der Waals surface area contributed by atoms with Crippen molar-refractivity contribution >= 4 is 93.0 Å². The van der Waals surface area contributed by atoms with Crippen LogP contribution in [-0.4, -0.2) is 16.1 Å². The Kier molecular flexibility index (Phi) is 10.7. The van der Waals surface area contributed by atoms with Gasteiger partial charge in [-0.05, 0) is 140 Å². The zero-order valence-corrected chi connectivity index (χ0v) is 39.7. The highest BCUT2D eigenvalue weighted by Crippen LogP contribution is 2.44. The second kappa shape index (κ2) is 16.6. The third kappa shape index (κ3) is 7.85. The number of nitrogens with zero attached hydrogens (tertiary/aromatic N) is 2. The summed E-state index contributed by atoms with van der Waals surface area (Å²) in [6, 6.07) is 80.7. The highest BCUT2D eigenvalue weighted by atomic mass is 28.3. The molecule has 0 saturated heterocycles. The van der Waals surface area contributed by atoms with E-state index in [9.17, 15) is 0 Å². The molecule has 0 radical (unpaired) electrons. The molecular weight excluding hydrogens is 805 g/mol. The molecule has 0 bridgehead atoms. The molecule has 0 atom stereocenters. The van der Waals surface area contributed by atoms with Crippen LogP contribution in [0.4, 0.5) is 34.1 Å². The lowest BCUT2D eigenvalue weighted by Gasteiger charge is -2.26. The van der Waals surface area contributed by atoms with Crippen LogP contribution in [0.1, 0.15) is 0 Å². The van der Waals surface area contributed by atoms with Crippen molar-refractivity contribution in [2.24, 2.45) is 0 Å². The molecule has 0 heterocycles. The van der Waals surface area contributed by atoms with E-state index in [0.29, 0.717) is 0 Å². The third-order valence-electron chi connectivity index (χ3n) is 12.7. The van der Waals surface area contributed by atoms with Crippen molar-refractivity contribution < 1.29 is 0 Å². The topological polar surface area (TPSA) is 6.48 Å². The highest BCUT2D eigenvalue weighted by Gasteiger charge is 2.23. The molecule has 0 aromatic heterocycles. The van der Waals surface area contributed by atoms with Crippen molar-refractivity contribution in [3.63, 3.8) is 0 Å². The normalized spacial score (nSPS) is 11.9. The number of fused-ring (bicyclic) bond motifs is 5. The lowest BCUT2D eigenvalue weighted by Crippen LogP contribution is -2.37. The maximum Gasteiger partial charge on any atom is 0.0776 e. The molecule has 0 aliphatic heterocycles. The van der Waals surface area contributed by atoms with Crippen LogP contribution in [0.15, 0.2) is 218 Å². The molecule has 2 nitrogen and oxygen atoms in total. The molecule has 10 rings (SSSR count). The van der Waals surface area contributed by atoms with E-state index >= 15 is 0 Å². The second-order valence-corrected chi connectivity index (χ2v) is 29.2. The van der Waals surface area contributed by atoms with Crippen LogP contribution < -0.4 is 20.2 Å². The quantitative estimate of drug-likeness (QED) is 0.0999. The number of hydrogen-bond acceptors (Lipinski definition) is 2. The first-order valence-electron chi connectivity index (χ1n) is 22.5. The van der Waals surface area contributed by atoms with E-state index in [2.05, 4.69) is 267 Å². The van der Waals surface area contributed by atoms with Gasteiger partial charge in [-0.3, -0.25) is 0 Å². The first kappa shape index (κ1) is 41.0. The fourth-order valence-electron chi connectivity index (χ4n) is 9.24. The fraction of sp³-hybridized carbons (Fsp3) is 0.100. The molecule has 4 heteroatoms. The average molecular weight is 859 g/mol. The van der Waals surface area contributed by atoms with Gasteiger partial charge in [0.1, 0.15) is 0 Å². The molecule has 0 amide bonds. The molecule has 10 aromatic rings. The minimum atomic E-state index is -1.66. The van der Waals surface area contributed by atoms with Crippen molar-refractivity contribution in [3.05, 3.63) is 218 Å². The van der Waals surface area contributed by atoms with E-state index in [1.165, 1.54) is 64.9 Å². The molecule has 0 aliphatic carbocycles. The van der Waals surface area contributed by atoms with E-state index in [1.807, 2.05) is 0 Å². The largest absolute Gasteiger partial charge is 0.311 e. The first-order chi connectivity index (χ1) is 31.0. The molecular formula is C60H54N2Si2. The van der Waals surface area contributed by atoms with Crippen LogP contribution in [0, 0.1) is 0 Å². The zero-order valence-electron chi connectivity index (χ0n) is 37.7. The van der Waals surface area contributed by atoms with Crippen molar-refractivity contribution in [1.82, 2.24) is 0 Å². The summed E-state index contributed by atoms with van der Waals surface area (Å²) in [4.78, 5) is 4.67. The third-order valence-corrected chi connectivity index (χ3v) is 16.8. The Morgan fingerprint density at radius 2 is 0.516 bits per heavy atom. The molecule has 0 aliphatic rings. The summed E-state index contributed by atoms with van der Waals surface area (Å²) >= 11 is 0. The zero-order chi connectivity index (χ0) is 44.0. The average Bonchev–Trinajstić information content (AvgIpc) is 3.32. The van der Waals surface area contributed by atoms with Gasteiger partial charge in [0.2, 0.25) is 0 Å². The number of anilines is 6. The van der Waals surface area contributed by atoms with Gasteiger partial charge in [-0.15, -0.1) is 0 Å². The highest BCUT2D eigenvalue weighted by molar-refractivity contribution is 6.89. The van der Waals surface area contributed by atoms with Gasteiger partial charge >= 0.3 is 0 Å². The van der Waals surface area contributed by atoms with Crippen LogP contribution >= 0.6 is 0 Å². The number of rotatable bonds is 10. The van der Waals surface area contributed by atoms with Gasteiger partial charge in [-0.1, -0.05) is 183 Å². The maximum absolute atomic E-state index is 2.53. The summed E-state index contributed by atoms with van der Waals surface area (Å²) in [6.45, 7) is 14.8. The van der Waals surface area contributed by atoms with Gasteiger partial charge in [0, 0.05) is 34.1 Å². The lowest BCUT2D eigenvalue weighted by molar-refractivity contribution is 1.28. The molecule has 10 aromatic carbocycles. The van der Waals surface area contributed by atoms with E-state index in [0.717, 1.165) is 34.1 Å². The second-order valence-electron chi connectivity index (χ2n) is 19.1. The van der Waals surface area contributed by atoms with Crippen molar-refractivity contribution in [2.75, 3.05) is 9.80 Å². The van der Waals surface area contributed by atoms with E-state index < -0.39 is 16.1 Å². The Hall–Kier alpha value is -6.99. The van der Waals surface area contributed by atoms with Gasteiger partial charge in [-0.25, -0.2) is 0 Å². The maximum atomic E-state index is 2.53. The minimum absolute atomic E-state index is 1.13. The van der Waals surface area contributed by atoms with Crippen molar-refractivity contribution in [2.45, 2.75) is 39.3 Å². The Labute approximate surface area is 380 Å². The van der Waals surface area contributed by atoms with Crippen LogP contribution in [0.5, 0.6) is 0 Å². The van der Waals surface area contributed by atoms with Crippen molar-refractivity contribution in [1.29, 1.82) is 0 Å². The first-order valence-corrected chi connectivity index (χ1v) is 29.5. The summed E-state index contributed by atoms with van der Waals surface area (Å²) in [5, 5.41) is 10.8. The monoisotopic (exact) mass is 858 g/mol. The van der Waals surface area contributed by atoms with Gasteiger partial charge in [-0.2, -0.15) is 0 Å². The van der Waals surface area contributed by atoms with E-state index in [-0.39, 0.29) is 0 Å². The molecule has 0 N–H and O–H groups in total. The van der Waals surface area contributed by atoms with E-state index in [4.69, 9.17) is 0 Å². The summed E-state index contributed by atoms with van der Waals surface area (Å²) in [5.74, 6) is 0. The van der Waals surface area contributed by atoms with Gasteiger partial charge in [0.25, 0.3) is 0 Å². The number of hydrogen-bond donors (Lipinski definition) is 0. The van der Waals surface area contributed by atoms with Crippen molar-refractivity contribution in [3.8, 4) is 22.3 Å². The smallest absolute Gasteiger partial charge is 0.0776 e. The van der Waals surface area contributed by atoms with Gasteiger partial charge in [0.15, 0.2) is 0 Å². The Bertz CT molecular complexity index is 2940. The molecule has 0 spiro atoms. The Morgan fingerprint density at radius 1 is 0.250 bits per heavy atom. The molecule has 312 valence electrons. The van der Waals surface area contributed by atoms with Gasteiger partial charge < -0.3 is 9.80 Å². The molecule has 0 fully saturated rings. The van der Waals surface area contributed by atoms with E-state index in [1.54, 1.807) is 0 Å². The summed E-state index contributed by atoms with van der Waals surface area (Å²) in [7, 11) is -3.32. The number of benzene rings is 10. The van der Waals surface area contributed by atoms with Crippen LogP contribution in [0.25, 0.3) is 54.6 Å². The molecule has 0 saturated carbocycles. The predicted octanol–water partition coefficient (Wildman–Crippen LogP) is 16.5. The summed E-state index contributed by atoms with van der Waals surface area (Å²) in [5.41, 5.74) is 11.8. The molecule has 64 heavy (non-hydrogen) atoms. The summed E-state index contributed by atoms with van der Waals surface area (Å²) < 4.78 is 0. The van der Waals surface area contributed by atoms with Gasteiger partial charge in [0.05, 0.1) is 16.1 Å². The summed E-state index contributed by atoms with van der Waals surface area (Å²) in [6.07, 6.45) is 0. The van der Waals surface area contributed by atoms with Crippen LogP contribution in [0.2, 0.25) is 39.3 Å².